The third-order valence-corrected chi connectivity index (χ3v) is 3.86. The first-order valence-corrected chi connectivity index (χ1v) is 7.73. The van der Waals surface area contributed by atoms with Crippen LogP contribution in [-0.2, 0) is 12.5 Å². The fourth-order valence-electron chi connectivity index (χ4n) is 2.28. The second-order valence-corrected chi connectivity index (χ2v) is 5.49. The van der Waals surface area contributed by atoms with Crippen LogP contribution in [-0.4, -0.2) is 6.03 Å². The summed E-state index contributed by atoms with van der Waals surface area (Å²) in [7, 11) is 0. The summed E-state index contributed by atoms with van der Waals surface area (Å²) in [5.41, 5.74) is 6.71. The second kappa shape index (κ2) is 7.85. The SMILES string of the molecule is Cc1cc(CCl)ccc1OCc1c(C)cccc1NC(=O)NN. The zero-order chi connectivity index (χ0) is 16.8. The van der Waals surface area contributed by atoms with Gasteiger partial charge in [-0.25, -0.2) is 10.6 Å². The van der Waals surface area contributed by atoms with E-state index in [-0.39, 0.29) is 0 Å². The molecule has 6 heteroatoms. The number of rotatable bonds is 5. The lowest BCUT2D eigenvalue weighted by atomic mass is 10.1. The number of hydrazine groups is 1. The van der Waals surface area contributed by atoms with Crippen LogP contribution >= 0.6 is 11.6 Å². The van der Waals surface area contributed by atoms with E-state index in [1.807, 2.05) is 50.2 Å². The van der Waals surface area contributed by atoms with Crippen LogP contribution < -0.4 is 21.3 Å². The van der Waals surface area contributed by atoms with Crippen LogP contribution in [0, 0.1) is 13.8 Å². The second-order valence-electron chi connectivity index (χ2n) is 5.22. The molecule has 0 unspecified atom stereocenters. The van der Waals surface area contributed by atoms with Gasteiger partial charge in [-0.1, -0.05) is 24.3 Å². The summed E-state index contributed by atoms with van der Waals surface area (Å²) in [5.74, 6) is 6.38. The molecule has 0 radical (unpaired) electrons. The van der Waals surface area contributed by atoms with Gasteiger partial charge in [-0.05, 0) is 42.7 Å². The Morgan fingerprint density at radius 2 is 2.00 bits per heavy atom. The maximum atomic E-state index is 11.4. The molecule has 0 saturated carbocycles. The number of aryl methyl sites for hydroxylation is 2. The van der Waals surface area contributed by atoms with Crippen molar-refractivity contribution in [1.82, 2.24) is 5.43 Å². The molecule has 0 aliphatic carbocycles. The lowest BCUT2D eigenvalue weighted by Gasteiger charge is -2.15. The summed E-state index contributed by atoms with van der Waals surface area (Å²) < 4.78 is 5.91. The fraction of sp³-hybridized carbons (Fsp3) is 0.235. The summed E-state index contributed by atoms with van der Waals surface area (Å²) in [6.07, 6.45) is 0. The number of carbonyl (C=O) groups excluding carboxylic acids is 1. The number of benzene rings is 2. The van der Waals surface area contributed by atoms with Crippen LogP contribution in [0.15, 0.2) is 36.4 Å². The summed E-state index contributed by atoms with van der Waals surface area (Å²) in [4.78, 5) is 11.4. The Bertz CT molecular complexity index is 704. The number of alkyl halides is 1. The smallest absolute Gasteiger partial charge is 0.333 e. The van der Waals surface area contributed by atoms with Crippen molar-refractivity contribution in [3.63, 3.8) is 0 Å². The molecule has 4 N–H and O–H groups in total. The van der Waals surface area contributed by atoms with Gasteiger partial charge in [0.15, 0.2) is 0 Å². The molecule has 0 aliphatic heterocycles. The molecule has 0 bridgehead atoms. The van der Waals surface area contributed by atoms with Crippen molar-refractivity contribution in [1.29, 1.82) is 0 Å². The highest BCUT2D eigenvalue weighted by Gasteiger charge is 2.10. The molecule has 2 amide bonds. The predicted molar refractivity (Wildman–Crippen MR) is 92.6 cm³/mol. The maximum absolute atomic E-state index is 11.4. The molecule has 2 aromatic carbocycles. The van der Waals surface area contributed by atoms with E-state index >= 15 is 0 Å². The Hall–Kier alpha value is -2.24. The first-order chi connectivity index (χ1) is 11.0. The number of anilines is 1. The van der Waals surface area contributed by atoms with Gasteiger partial charge in [0.05, 0.1) is 0 Å². The molecular formula is C17H20ClN3O2. The van der Waals surface area contributed by atoms with E-state index in [1.165, 1.54) is 0 Å². The van der Waals surface area contributed by atoms with Crippen molar-refractivity contribution in [3.05, 3.63) is 58.7 Å². The van der Waals surface area contributed by atoms with Crippen LogP contribution in [0.25, 0.3) is 0 Å². The molecular weight excluding hydrogens is 314 g/mol. The number of amides is 2. The minimum Gasteiger partial charge on any atom is -0.489 e. The molecule has 2 aromatic rings. The number of urea groups is 1. The minimum atomic E-state index is -0.473. The Morgan fingerprint density at radius 3 is 2.65 bits per heavy atom. The number of hydrogen-bond donors (Lipinski definition) is 3. The normalized spacial score (nSPS) is 10.3. The molecule has 0 heterocycles. The van der Waals surface area contributed by atoms with Crippen LogP contribution in [0.4, 0.5) is 10.5 Å². The summed E-state index contributed by atoms with van der Waals surface area (Å²) in [6, 6.07) is 11.0. The third kappa shape index (κ3) is 4.37. The number of nitrogens with two attached hydrogens (primary N) is 1. The average Bonchev–Trinajstić information content (AvgIpc) is 2.55. The topological polar surface area (TPSA) is 76.4 Å². The highest BCUT2D eigenvalue weighted by atomic mass is 35.5. The van der Waals surface area contributed by atoms with E-state index in [2.05, 4.69) is 10.7 Å². The molecule has 5 nitrogen and oxygen atoms in total. The maximum Gasteiger partial charge on any atom is 0.333 e. The van der Waals surface area contributed by atoms with E-state index in [4.69, 9.17) is 22.2 Å². The third-order valence-electron chi connectivity index (χ3n) is 3.56. The van der Waals surface area contributed by atoms with Gasteiger partial charge in [0.25, 0.3) is 0 Å². The van der Waals surface area contributed by atoms with Gasteiger partial charge in [-0.3, -0.25) is 5.43 Å². The van der Waals surface area contributed by atoms with E-state index in [1.54, 1.807) is 0 Å². The zero-order valence-corrected chi connectivity index (χ0v) is 13.9. The summed E-state index contributed by atoms with van der Waals surface area (Å²) in [6.45, 7) is 4.28. The quantitative estimate of drug-likeness (QED) is 0.338. The Morgan fingerprint density at radius 1 is 1.22 bits per heavy atom. The highest BCUT2D eigenvalue weighted by Crippen LogP contribution is 2.25. The predicted octanol–water partition coefficient (Wildman–Crippen LogP) is 3.62. The van der Waals surface area contributed by atoms with Crippen LogP contribution in [0.5, 0.6) is 5.75 Å². The lowest BCUT2D eigenvalue weighted by molar-refractivity contribution is 0.252. The lowest BCUT2D eigenvalue weighted by Crippen LogP contribution is -2.34. The van der Waals surface area contributed by atoms with Crippen molar-refractivity contribution in [2.24, 2.45) is 5.84 Å². The van der Waals surface area contributed by atoms with Gasteiger partial charge in [-0.2, -0.15) is 0 Å². The molecule has 0 atom stereocenters. The molecule has 23 heavy (non-hydrogen) atoms. The molecule has 0 saturated heterocycles. The van der Waals surface area contributed by atoms with Gasteiger partial charge in [0.1, 0.15) is 12.4 Å². The van der Waals surface area contributed by atoms with E-state index < -0.39 is 6.03 Å². The van der Waals surface area contributed by atoms with Gasteiger partial charge in [-0.15, -0.1) is 11.6 Å². The molecule has 0 aromatic heterocycles. The standard InChI is InChI=1S/C17H20ClN3O2/c1-11-4-3-5-15(20-17(22)21-19)14(11)10-23-16-7-6-13(9-18)8-12(16)2/h3-8H,9-10,19H2,1-2H3,(H2,20,21,22). The molecule has 122 valence electrons. The van der Waals surface area contributed by atoms with Crippen molar-refractivity contribution in [2.75, 3.05) is 5.32 Å². The zero-order valence-electron chi connectivity index (χ0n) is 13.2. The largest absolute Gasteiger partial charge is 0.489 e. The highest BCUT2D eigenvalue weighted by molar-refractivity contribution is 6.17. The molecule has 0 fully saturated rings. The average molecular weight is 334 g/mol. The van der Waals surface area contributed by atoms with Crippen molar-refractivity contribution >= 4 is 23.3 Å². The van der Waals surface area contributed by atoms with Crippen molar-refractivity contribution in [3.8, 4) is 5.75 Å². The monoisotopic (exact) mass is 333 g/mol. The van der Waals surface area contributed by atoms with E-state index in [9.17, 15) is 4.79 Å². The number of carbonyl (C=O) groups is 1. The molecule has 2 rings (SSSR count). The van der Waals surface area contributed by atoms with Crippen molar-refractivity contribution in [2.45, 2.75) is 26.3 Å². The number of ether oxygens (including phenoxy) is 1. The Kier molecular flexibility index (Phi) is 5.84. The Labute approximate surface area is 140 Å². The van der Waals surface area contributed by atoms with Crippen LogP contribution in [0.2, 0.25) is 0 Å². The first kappa shape index (κ1) is 17.1. The number of nitrogens with one attached hydrogen (secondary N) is 2. The van der Waals surface area contributed by atoms with Gasteiger partial charge < -0.3 is 10.1 Å². The van der Waals surface area contributed by atoms with E-state index in [0.29, 0.717) is 18.2 Å². The molecule has 0 spiro atoms. The minimum absolute atomic E-state index is 0.341. The van der Waals surface area contributed by atoms with Gasteiger partial charge >= 0.3 is 6.03 Å². The fourth-order valence-corrected chi connectivity index (χ4v) is 2.44. The molecule has 0 aliphatic rings. The van der Waals surface area contributed by atoms with Crippen molar-refractivity contribution < 1.29 is 9.53 Å². The summed E-state index contributed by atoms with van der Waals surface area (Å²) >= 11 is 5.83. The Balaban J connectivity index is 2.18. The van der Waals surface area contributed by atoms with Crippen LogP contribution in [0.1, 0.15) is 22.3 Å². The first-order valence-electron chi connectivity index (χ1n) is 7.19. The van der Waals surface area contributed by atoms with Gasteiger partial charge in [0, 0.05) is 17.1 Å². The number of halogens is 1. The number of hydrogen-bond acceptors (Lipinski definition) is 3. The summed E-state index contributed by atoms with van der Waals surface area (Å²) in [5, 5.41) is 2.70. The van der Waals surface area contributed by atoms with E-state index in [0.717, 1.165) is 28.0 Å². The van der Waals surface area contributed by atoms with Gasteiger partial charge in [0.2, 0.25) is 0 Å². The van der Waals surface area contributed by atoms with Crippen LogP contribution in [0.3, 0.4) is 0 Å².